The Morgan fingerprint density at radius 3 is 1.33 bits per heavy atom. The van der Waals surface area contributed by atoms with Crippen LogP contribution in [0.5, 0.6) is 0 Å². The molecule has 0 bridgehead atoms. The van der Waals surface area contributed by atoms with Crippen LogP contribution in [0.3, 0.4) is 0 Å². The van der Waals surface area contributed by atoms with E-state index in [2.05, 4.69) is 30.2 Å². The van der Waals surface area contributed by atoms with Crippen molar-refractivity contribution in [2.45, 2.75) is 0 Å². The third-order valence-corrected chi connectivity index (χ3v) is 1.87. The number of H-pyrrole nitrogens is 2. The Morgan fingerprint density at radius 1 is 0.667 bits per heavy atom. The second-order valence-corrected chi connectivity index (χ2v) is 3.18. The van der Waals surface area contributed by atoms with E-state index in [1.54, 1.807) is 24.8 Å². The van der Waals surface area contributed by atoms with Crippen LogP contribution in [-0.2, 0) is 0 Å². The highest BCUT2D eigenvalue weighted by atomic mass is 15.3. The molecular weight excluding hydrogens is 228 g/mol. The number of hydrogen-bond acceptors (Lipinski definition) is 4. The van der Waals surface area contributed by atoms with Gasteiger partial charge in [-0.15, -0.1) is 10.2 Å². The summed E-state index contributed by atoms with van der Waals surface area (Å²) in [5.74, 6) is 0.929. The molecule has 2 heterocycles. The number of aromatic nitrogens is 4. The zero-order chi connectivity index (χ0) is 12.5. The van der Waals surface area contributed by atoms with Crippen molar-refractivity contribution in [3.05, 3.63) is 61.2 Å². The third kappa shape index (κ3) is 4.01. The fourth-order valence-corrected chi connectivity index (χ4v) is 1.10. The number of nitrogens with one attached hydrogen (secondary N) is 2. The normalized spacial score (nSPS) is 10.0. The first-order chi connectivity index (χ1) is 8.95. The zero-order valence-electron chi connectivity index (χ0n) is 9.56. The molecule has 90 valence electrons. The van der Waals surface area contributed by atoms with Crippen LogP contribution in [0.4, 0.5) is 11.9 Å². The molecule has 0 saturated heterocycles. The lowest BCUT2D eigenvalue weighted by Crippen LogP contribution is -1.66. The predicted octanol–water partition coefficient (Wildman–Crippen LogP) is 3.23. The van der Waals surface area contributed by atoms with E-state index < -0.39 is 0 Å². The minimum Gasteiger partial charge on any atom is -0.328 e. The van der Waals surface area contributed by atoms with Gasteiger partial charge in [0.2, 0.25) is 11.9 Å². The van der Waals surface area contributed by atoms with Crippen molar-refractivity contribution < 1.29 is 0 Å². The number of azo groups is 1. The van der Waals surface area contributed by atoms with Crippen molar-refractivity contribution in [2.24, 2.45) is 10.2 Å². The standard InChI is InChI=1S/C6H6N6.C6H6/c1-2-8-5(7-1)11-12-6-9-3-4-10-6;1-2-4-6-5-3-1/h1-4H,(H,7,8)(H,9,10);1-6H. The molecule has 6 nitrogen and oxygen atoms in total. The molecule has 3 aromatic rings. The molecule has 0 fully saturated rings. The van der Waals surface area contributed by atoms with E-state index >= 15 is 0 Å². The van der Waals surface area contributed by atoms with E-state index in [0.29, 0.717) is 11.9 Å². The molecule has 0 radical (unpaired) electrons. The molecule has 0 atom stereocenters. The number of aromatic amines is 2. The van der Waals surface area contributed by atoms with Crippen LogP contribution in [0, 0.1) is 0 Å². The maximum atomic E-state index is 3.86. The lowest BCUT2D eigenvalue weighted by molar-refractivity contribution is 1.07. The summed E-state index contributed by atoms with van der Waals surface area (Å²) in [6.07, 6.45) is 6.57. The molecule has 1 aromatic carbocycles. The summed E-state index contributed by atoms with van der Waals surface area (Å²) in [5, 5.41) is 7.55. The number of benzene rings is 1. The average molecular weight is 240 g/mol. The molecule has 3 rings (SSSR count). The van der Waals surface area contributed by atoms with Gasteiger partial charge >= 0.3 is 0 Å². The maximum absolute atomic E-state index is 3.86. The van der Waals surface area contributed by atoms with Gasteiger partial charge in [-0.2, -0.15) is 0 Å². The van der Waals surface area contributed by atoms with Crippen molar-refractivity contribution in [1.29, 1.82) is 0 Å². The SMILES string of the molecule is c1c[nH]c(N=Nc2ncc[nH]2)n1.c1ccccc1. The summed E-state index contributed by atoms with van der Waals surface area (Å²) in [4.78, 5) is 13.3. The van der Waals surface area contributed by atoms with Gasteiger partial charge in [0, 0.05) is 24.8 Å². The minimum absolute atomic E-state index is 0.464. The first-order valence-corrected chi connectivity index (χ1v) is 5.35. The van der Waals surface area contributed by atoms with E-state index in [9.17, 15) is 0 Å². The van der Waals surface area contributed by atoms with E-state index in [0.717, 1.165) is 0 Å². The molecule has 0 amide bonds. The minimum atomic E-state index is 0.464. The third-order valence-electron chi connectivity index (χ3n) is 1.87. The van der Waals surface area contributed by atoms with Crippen LogP contribution in [0.25, 0.3) is 0 Å². The number of imidazole rings is 2. The molecule has 0 spiro atoms. The molecule has 2 aromatic heterocycles. The predicted molar refractivity (Wildman–Crippen MR) is 67.8 cm³/mol. The first kappa shape index (κ1) is 11.7. The quantitative estimate of drug-likeness (QED) is 0.674. The van der Waals surface area contributed by atoms with Gasteiger partial charge in [0.25, 0.3) is 0 Å². The van der Waals surface area contributed by atoms with Crippen molar-refractivity contribution >= 4 is 11.9 Å². The van der Waals surface area contributed by atoms with Crippen LogP contribution < -0.4 is 0 Å². The Kier molecular flexibility index (Phi) is 4.39. The van der Waals surface area contributed by atoms with Crippen molar-refractivity contribution in [3.63, 3.8) is 0 Å². The Morgan fingerprint density at radius 2 is 1.06 bits per heavy atom. The summed E-state index contributed by atoms with van der Waals surface area (Å²) in [5.41, 5.74) is 0. The van der Waals surface area contributed by atoms with E-state index in [1.165, 1.54) is 0 Å². The summed E-state index contributed by atoms with van der Waals surface area (Å²) in [7, 11) is 0. The van der Waals surface area contributed by atoms with Gasteiger partial charge in [-0.25, -0.2) is 9.97 Å². The summed E-state index contributed by atoms with van der Waals surface area (Å²) >= 11 is 0. The average Bonchev–Trinajstić information content (AvgIpc) is 3.13. The van der Waals surface area contributed by atoms with E-state index in [4.69, 9.17) is 0 Å². The van der Waals surface area contributed by atoms with Crippen LogP contribution >= 0.6 is 0 Å². The number of nitrogens with zero attached hydrogens (tertiary/aromatic N) is 4. The second kappa shape index (κ2) is 6.74. The number of rotatable bonds is 2. The Balaban J connectivity index is 0.000000169. The largest absolute Gasteiger partial charge is 0.328 e. The molecule has 0 aliphatic heterocycles. The highest BCUT2D eigenvalue weighted by Gasteiger charge is 1.90. The molecule has 0 unspecified atom stereocenters. The molecule has 2 N–H and O–H groups in total. The van der Waals surface area contributed by atoms with Crippen molar-refractivity contribution in [1.82, 2.24) is 19.9 Å². The van der Waals surface area contributed by atoms with Gasteiger partial charge in [-0.05, 0) is 0 Å². The van der Waals surface area contributed by atoms with Gasteiger partial charge < -0.3 is 9.97 Å². The monoisotopic (exact) mass is 240 g/mol. The van der Waals surface area contributed by atoms with Crippen LogP contribution in [-0.4, -0.2) is 19.9 Å². The van der Waals surface area contributed by atoms with Gasteiger partial charge in [0.1, 0.15) is 0 Å². The fraction of sp³-hybridized carbons (Fsp3) is 0. The van der Waals surface area contributed by atoms with Crippen LogP contribution in [0.2, 0.25) is 0 Å². The summed E-state index contributed by atoms with van der Waals surface area (Å²) in [6.45, 7) is 0. The van der Waals surface area contributed by atoms with Crippen LogP contribution in [0.15, 0.2) is 71.4 Å². The highest BCUT2D eigenvalue weighted by Crippen LogP contribution is 2.07. The topological polar surface area (TPSA) is 82.1 Å². The van der Waals surface area contributed by atoms with Gasteiger partial charge in [-0.1, -0.05) is 36.4 Å². The van der Waals surface area contributed by atoms with Gasteiger partial charge in [0.15, 0.2) is 0 Å². The molecule has 18 heavy (non-hydrogen) atoms. The first-order valence-electron chi connectivity index (χ1n) is 5.35. The van der Waals surface area contributed by atoms with E-state index in [1.807, 2.05) is 36.4 Å². The molecule has 0 aliphatic carbocycles. The Hall–Kier alpha value is -2.76. The molecule has 6 heteroatoms. The lowest BCUT2D eigenvalue weighted by atomic mass is 10.4. The Labute approximate surface area is 104 Å². The maximum Gasteiger partial charge on any atom is 0.246 e. The number of hydrogen-bond donors (Lipinski definition) is 2. The molecule has 0 aliphatic rings. The lowest BCUT2D eigenvalue weighted by Gasteiger charge is -1.80. The van der Waals surface area contributed by atoms with Crippen molar-refractivity contribution in [3.8, 4) is 0 Å². The summed E-state index contributed by atoms with van der Waals surface area (Å²) < 4.78 is 0. The Bertz CT molecular complexity index is 479. The van der Waals surface area contributed by atoms with E-state index in [-0.39, 0.29) is 0 Å². The zero-order valence-corrected chi connectivity index (χ0v) is 9.56. The van der Waals surface area contributed by atoms with Crippen LogP contribution in [0.1, 0.15) is 0 Å². The van der Waals surface area contributed by atoms with Crippen molar-refractivity contribution in [2.75, 3.05) is 0 Å². The summed E-state index contributed by atoms with van der Waals surface area (Å²) in [6, 6.07) is 12.0. The fourth-order valence-electron chi connectivity index (χ4n) is 1.10. The smallest absolute Gasteiger partial charge is 0.246 e. The molecule has 0 saturated carbocycles. The molecular formula is C12H12N6. The van der Waals surface area contributed by atoms with Gasteiger partial charge in [-0.3, -0.25) is 0 Å². The highest BCUT2D eigenvalue weighted by molar-refractivity contribution is 5.16. The second-order valence-electron chi connectivity index (χ2n) is 3.18. The van der Waals surface area contributed by atoms with Gasteiger partial charge in [0.05, 0.1) is 0 Å².